The number of amides is 2. The minimum atomic E-state index is 0.159. The molecule has 0 saturated carbocycles. The van der Waals surface area contributed by atoms with E-state index in [1.807, 2.05) is 35.9 Å². The van der Waals surface area contributed by atoms with Gasteiger partial charge in [0.15, 0.2) is 0 Å². The van der Waals surface area contributed by atoms with E-state index >= 15 is 0 Å². The number of urea groups is 1. The summed E-state index contributed by atoms with van der Waals surface area (Å²) in [5.74, 6) is 0. The van der Waals surface area contributed by atoms with Crippen LogP contribution in [-0.2, 0) is 0 Å². The van der Waals surface area contributed by atoms with Gasteiger partial charge in [0.25, 0.3) is 0 Å². The second-order valence-electron chi connectivity index (χ2n) is 4.59. The topological polar surface area (TPSA) is 36.4 Å². The fraction of sp³-hybridized carbons (Fsp3) is 0.571. The number of nitrogens with zero attached hydrogens (tertiary/aromatic N) is 3. The third-order valence-corrected chi connectivity index (χ3v) is 3.60. The van der Waals surface area contributed by atoms with Crippen LogP contribution in [0, 0.1) is 0 Å². The largest absolute Gasteiger partial charge is 0.325 e. The number of rotatable bonds is 3. The standard InChI is InChI=1S/C14H21N3O/c1-3-16(4-2)14(18)17-10-6-8-13(17)12-7-5-9-15-11-12/h5,7,9,11,13H,3-4,6,8,10H2,1-2H3. The van der Waals surface area contributed by atoms with Gasteiger partial charge in [-0.05, 0) is 38.3 Å². The number of likely N-dealkylation sites (tertiary alicyclic amines) is 1. The molecule has 4 nitrogen and oxygen atoms in total. The van der Waals surface area contributed by atoms with Crippen LogP contribution >= 0.6 is 0 Å². The molecule has 1 aliphatic rings. The smallest absolute Gasteiger partial charge is 0.320 e. The fourth-order valence-electron chi connectivity index (χ4n) is 2.59. The number of pyridine rings is 1. The highest BCUT2D eigenvalue weighted by atomic mass is 16.2. The maximum Gasteiger partial charge on any atom is 0.320 e. The van der Waals surface area contributed by atoms with Gasteiger partial charge in [-0.2, -0.15) is 0 Å². The van der Waals surface area contributed by atoms with Crippen LogP contribution in [0.4, 0.5) is 4.79 Å². The van der Waals surface area contributed by atoms with Crippen LogP contribution in [0.1, 0.15) is 38.3 Å². The zero-order chi connectivity index (χ0) is 13.0. The number of hydrogen-bond donors (Lipinski definition) is 0. The molecule has 1 aliphatic heterocycles. The van der Waals surface area contributed by atoms with Crippen LogP contribution < -0.4 is 0 Å². The van der Waals surface area contributed by atoms with Crippen LogP contribution in [-0.4, -0.2) is 40.4 Å². The molecule has 1 saturated heterocycles. The Bertz CT molecular complexity index is 389. The highest BCUT2D eigenvalue weighted by Crippen LogP contribution is 2.32. The maximum absolute atomic E-state index is 12.4. The van der Waals surface area contributed by atoms with Crippen LogP contribution in [0.3, 0.4) is 0 Å². The first-order chi connectivity index (χ1) is 8.77. The number of carbonyl (C=O) groups is 1. The Morgan fingerprint density at radius 1 is 1.50 bits per heavy atom. The molecule has 1 unspecified atom stereocenters. The molecule has 0 aliphatic carbocycles. The Morgan fingerprint density at radius 3 is 2.89 bits per heavy atom. The Hall–Kier alpha value is -1.58. The SMILES string of the molecule is CCN(CC)C(=O)N1CCCC1c1cccnc1. The van der Waals surface area contributed by atoms with E-state index in [2.05, 4.69) is 11.1 Å². The summed E-state index contributed by atoms with van der Waals surface area (Å²) in [5.41, 5.74) is 1.15. The van der Waals surface area contributed by atoms with Crippen LogP contribution in [0.15, 0.2) is 24.5 Å². The normalized spacial score (nSPS) is 19.0. The van der Waals surface area contributed by atoms with Gasteiger partial charge in [-0.25, -0.2) is 4.79 Å². The van der Waals surface area contributed by atoms with Crippen LogP contribution in [0.25, 0.3) is 0 Å². The highest BCUT2D eigenvalue weighted by molar-refractivity contribution is 5.75. The molecule has 2 heterocycles. The molecule has 4 heteroatoms. The fourth-order valence-corrected chi connectivity index (χ4v) is 2.59. The molecular weight excluding hydrogens is 226 g/mol. The lowest BCUT2D eigenvalue weighted by molar-refractivity contribution is 0.152. The molecule has 0 radical (unpaired) electrons. The van der Waals surface area contributed by atoms with Gasteiger partial charge in [-0.3, -0.25) is 4.98 Å². The lowest BCUT2D eigenvalue weighted by atomic mass is 10.1. The van der Waals surface area contributed by atoms with Crippen molar-refractivity contribution in [2.24, 2.45) is 0 Å². The summed E-state index contributed by atoms with van der Waals surface area (Å²) in [6, 6.07) is 4.36. The molecule has 0 bridgehead atoms. The lowest BCUT2D eigenvalue weighted by Crippen LogP contribution is -2.42. The summed E-state index contributed by atoms with van der Waals surface area (Å²) in [7, 11) is 0. The summed E-state index contributed by atoms with van der Waals surface area (Å²) in [4.78, 5) is 20.5. The van der Waals surface area contributed by atoms with E-state index in [1.165, 1.54) is 0 Å². The van der Waals surface area contributed by atoms with Gasteiger partial charge in [-0.1, -0.05) is 6.07 Å². The first kappa shape index (κ1) is 12.9. The molecule has 2 amide bonds. The molecule has 0 N–H and O–H groups in total. The summed E-state index contributed by atoms with van der Waals surface area (Å²) in [5, 5.41) is 0. The quantitative estimate of drug-likeness (QED) is 0.823. The summed E-state index contributed by atoms with van der Waals surface area (Å²) in [6.45, 7) is 6.44. The van der Waals surface area contributed by atoms with Crippen molar-refractivity contribution < 1.29 is 4.79 Å². The van der Waals surface area contributed by atoms with Crippen molar-refractivity contribution in [3.63, 3.8) is 0 Å². The minimum Gasteiger partial charge on any atom is -0.325 e. The van der Waals surface area contributed by atoms with E-state index < -0.39 is 0 Å². The van der Waals surface area contributed by atoms with Gasteiger partial charge in [0, 0.05) is 32.0 Å². The predicted octanol–water partition coefficient (Wildman–Crippen LogP) is 2.68. The van der Waals surface area contributed by atoms with Gasteiger partial charge in [0.1, 0.15) is 0 Å². The van der Waals surface area contributed by atoms with Gasteiger partial charge in [0.2, 0.25) is 0 Å². The van der Waals surface area contributed by atoms with Crippen LogP contribution in [0.5, 0.6) is 0 Å². The molecule has 1 fully saturated rings. The van der Waals surface area contributed by atoms with Gasteiger partial charge in [-0.15, -0.1) is 0 Å². The van der Waals surface area contributed by atoms with Crippen molar-refractivity contribution in [1.82, 2.24) is 14.8 Å². The second-order valence-corrected chi connectivity index (χ2v) is 4.59. The maximum atomic E-state index is 12.4. The molecule has 1 aromatic heterocycles. The first-order valence-corrected chi connectivity index (χ1v) is 6.73. The zero-order valence-corrected chi connectivity index (χ0v) is 11.2. The monoisotopic (exact) mass is 247 g/mol. The summed E-state index contributed by atoms with van der Waals surface area (Å²) in [6.07, 6.45) is 5.76. The number of aromatic nitrogens is 1. The van der Waals surface area contributed by atoms with E-state index in [0.29, 0.717) is 0 Å². The second kappa shape index (κ2) is 5.85. The van der Waals surface area contributed by atoms with Crippen molar-refractivity contribution in [3.8, 4) is 0 Å². The molecule has 98 valence electrons. The predicted molar refractivity (Wildman–Crippen MR) is 71.2 cm³/mol. The Morgan fingerprint density at radius 2 is 2.28 bits per heavy atom. The third kappa shape index (κ3) is 2.47. The minimum absolute atomic E-state index is 0.159. The average Bonchev–Trinajstić information content (AvgIpc) is 2.90. The average molecular weight is 247 g/mol. The lowest BCUT2D eigenvalue weighted by Gasteiger charge is -2.30. The molecule has 0 aromatic carbocycles. The molecular formula is C14H21N3O. The van der Waals surface area contributed by atoms with E-state index in [0.717, 1.165) is 38.0 Å². The van der Waals surface area contributed by atoms with Crippen molar-refractivity contribution >= 4 is 6.03 Å². The van der Waals surface area contributed by atoms with Crippen molar-refractivity contribution in [3.05, 3.63) is 30.1 Å². The summed E-state index contributed by atoms with van der Waals surface area (Å²) >= 11 is 0. The van der Waals surface area contributed by atoms with E-state index in [9.17, 15) is 4.79 Å². The van der Waals surface area contributed by atoms with Crippen molar-refractivity contribution in [1.29, 1.82) is 0 Å². The number of carbonyl (C=O) groups excluding carboxylic acids is 1. The molecule has 18 heavy (non-hydrogen) atoms. The highest BCUT2D eigenvalue weighted by Gasteiger charge is 2.31. The van der Waals surface area contributed by atoms with Crippen molar-refractivity contribution in [2.45, 2.75) is 32.7 Å². The summed E-state index contributed by atoms with van der Waals surface area (Å²) < 4.78 is 0. The third-order valence-electron chi connectivity index (χ3n) is 3.60. The van der Waals surface area contributed by atoms with E-state index in [1.54, 1.807) is 6.20 Å². The van der Waals surface area contributed by atoms with Crippen molar-refractivity contribution in [2.75, 3.05) is 19.6 Å². The molecule has 1 aromatic rings. The Labute approximate surface area is 109 Å². The van der Waals surface area contributed by atoms with Gasteiger partial charge >= 0.3 is 6.03 Å². The first-order valence-electron chi connectivity index (χ1n) is 6.73. The Balaban J connectivity index is 2.15. The van der Waals surface area contributed by atoms with Crippen LogP contribution in [0.2, 0.25) is 0 Å². The Kier molecular flexibility index (Phi) is 4.18. The van der Waals surface area contributed by atoms with E-state index in [-0.39, 0.29) is 12.1 Å². The van der Waals surface area contributed by atoms with Gasteiger partial charge < -0.3 is 9.80 Å². The molecule has 1 atom stereocenters. The zero-order valence-electron chi connectivity index (χ0n) is 11.2. The number of hydrogen-bond acceptors (Lipinski definition) is 2. The molecule has 0 spiro atoms. The van der Waals surface area contributed by atoms with E-state index in [4.69, 9.17) is 0 Å². The van der Waals surface area contributed by atoms with Gasteiger partial charge in [0.05, 0.1) is 6.04 Å². The molecule has 2 rings (SSSR count).